The number of benzene rings is 2. The van der Waals surface area contributed by atoms with Gasteiger partial charge < -0.3 is 19.1 Å². The van der Waals surface area contributed by atoms with E-state index in [9.17, 15) is 4.79 Å². The number of quaternary nitrogens is 1. The standard InChI is InChI=1S/C27H27N3O4S/c1-18(31)20-8-9-23(21(14-20)16-32-2)34-26-25-22(19-6-4-3-5-7-19)17-35-27(25)29-24(28-26)15-30-10-12-33-13-11-30/h3-9,14,17H,10-13,15-16H2,1-2H3/p+1. The molecule has 35 heavy (non-hydrogen) atoms. The van der Waals surface area contributed by atoms with Gasteiger partial charge in [-0.15, -0.1) is 11.3 Å². The van der Waals surface area contributed by atoms with Crippen molar-refractivity contribution in [3.8, 4) is 22.8 Å². The third-order valence-electron chi connectivity index (χ3n) is 6.11. The molecule has 1 N–H and O–H groups in total. The van der Waals surface area contributed by atoms with Crippen molar-refractivity contribution in [3.63, 3.8) is 0 Å². The molecule has 2 aromatic heterocycles. The lowest BCUT2D eigenvalue weighted by Gasteiger charge is -2.23. The maximum Gasteiger partial charge on any atom is 0.232 e. The zero-order valence-electron chi connectivity index (χ0n) is 19.9. The molecule has 0 aliphatic carbocycles. The second-order valence-electron chi connectivity index (χ2n) is 8.59. The minimum atomic E-state index is -0.00157. The van der Waals surface area contributed by atoms with Gasteiger partial charge >= 0.3 is 0 Å². The molecule has 0 saturated carbocycles. The number of ether oxygens (including phenoxy) is 3. The molecule has 1 saturated heterocycles. The average Bonchev–Trinajstić information content (AvgIpc) is 3.30. The zero-order valence-corrected chi connectivity index (χ0v) is 20.7. The van der Waals surface area contributed by atoms with Crippen LogP contribution in [0.5, 0.6) is 11.6 Å². The van der Waals surface area contributed by atoms with Crippen LogP contribution in [0.4, 0.5) is 0 Å². The normalized spacial score (nSPS) is 14.3. The van der Waals surface area contributed by atoms with Crippen LogP contribution in [-0.2, 0) is 22.6 Å². The van der Waals surface area contributed by atoms with Crippen molar-refractivity contribution in [2.45, 2.75) is 20.1 Å². The first-order chi connectivity index (χ1) is 17.1. The Morgan fingerprint density at radius 3 is 2.66 bits per heavy atom. The third-order valence-corrected chi connectivity index (χ3v) is 6.99. The highest BCUT2D eigenvalue weighted by molar-refractivity contribution is 7.17. The second kappa shape index (κ2) is 10.6. The molecule has 1 aliphatic rings. The van der Waals surface area contributed by atoms with E-state index in [4.69, 9.17) is 24.2 Å². The van der Waals surface area contributed by atoms with Crippen molar-refractivity contribution in [2.24, 2.45) is 0 Å². The number of Topliss-reactive ketones (excluding diaryl/α,β-unsaturated/α-hetero) is 1. The highest BCUT2D eigenvalue weighted by Crippen LogP contribution is 2.40. The van der Waals surface area contributed by atoms with E-state index in [1.54, 1.807) is 31.4 Å². The summed E-state index contributed by atoms with van der Waals surface area (Å²) in [4.78, 5) is 24.0. The van der Waals surface area contributed by atoms with Crippen LogP contribution in [0.15, 0.2) is 53.9 Å². The van der Waals surface area contributed by atoms with Gasteiger partial charge in [0.1, 0.15) is 30.2 Å². The number of hydrogen-bond acceptors (Lipinski definition) is 7. The SMILES string of the molecule is COCc1cc(C(C)=O)ccc1Oc1nc(C[NH+]2CCOCC2)nc2scc(-c3ccccc3)c12. The van der Waals surface area contributed by atoms with Crippen molar-refractivity contribution in [2.75, 3.05) is 33.4 Å². The number of fused-ring (bicyclic) bond motifs is 1. The predicted octanol–water partition coefficient (Wildman–Crippen LogP) is 3.91. The maximum absolute atomic E-state index is 11.9. The fourth-order valence-corrected chi connectivity index (χ4v) is 5.22. The van der Waals surface area contributed by atoms with Gasteiger partial charge in [-0.2, -0.15) is 4.98 Å². The summed E-state index contributed by atoms with van der Waals surface area (Å²) in [6, 6.07) is 15.6. The summed E-state index contributed by atoms with van der Waals surface area (Å²) in [5.74, 6) is 1.88. The number of methoxy groups -OCH3 is 1. The monoisotopic (exact) mass is 490 g/mol. The van der Waals surface area contributed by atoms with Crippen molar-refractivity contribution in [1.82, 2.24) is 9.97 Å². The first-order valence-electron chi connectivity index (χ1n) is 11.7. The Hall–Kier alpha value is -3.17. The Balaban J connectivity index is 1.60. The lowest BCUT2D eigenvalue weighted by atomic mass is 10.1. The lowest BCUT2D eigenvalue weighted by molar-refractivity contribution is -0.922. The lowest BCUT2D eigenvalue weighted by Crippen LogP contribution is -3.12. The number of ketones is 1. The summed E-state index contributed by atoms with van der Waals surface area (Å²) >= 11 is 1.60. The first kappa shape index (κ1) is 23.6. The van der Waals surface area contributed by atoms with Gasteiger partial charge in [-0.3, -0.25) is 4.79 Å². The van der Waals surface area contributed by atoms with Crippen molar-refractivity contribution >= 4 is 27.3 Å². The Bertz CT molecular complexity index is 1330. The summed E-state index contributed by atoms with van der Waals surface area (Å²) < 4.78 is 17.4. The molecule has 0 atom stereocenters. The number of nitrogens with one attached hydrogen (secondary N) is 1. The second-order valence-corrected chi connectivity index (χ2v) is 9.45. The molecule has 2 aromatic carbocycles. The molecule has 0 bridgehead atoms. The number of thiophene rings is 1. The topological polar surface area (TPSA) is 75.0 Å². The van der Waals surface area contributed by atoms with E-state index in [-0.39, 0.29) is 5.78 Å². The summed E-state index contributed by atoms with van der Waals surface area (Å²) in [5.41, 5.74) is 3.54. The Labute approximate surface area is 208 Å². The van der Waals surface area contributed by atoms with Crippen molar-refractivity contribution in [1.29, 1.82) is 0 Å². The molecule has 3 heterocycles. The first-order valence-corrected chi connectivity index (χ1v) is 12.6. The molecule has 4 aromatic rings. The smallest absolute Gasteiger partial charge is 0.232 e. The van der Waals surface area contributed by atoms with E-state index in [2.05, 4.69) is 17.5 Å². The summed E-state index contributed by atoms with van der Waals surface area (Å²) in [6.07, 6.45) is 0. The fraction of sp³-hybridized carbons (Fsp3) is 0.296. The summed E-state index contributed by atoms with van der Waals surface area (Å²) in [5, 5.41) is 3.00. The third kappa shape index (κ3) is 5.26. The van der Waals surface area contributed by atoms with Crippen LogP contribution in [0.3, 0.4) is 0 Å². The van der Waals surface area contributed by atoms with Gasteiger partial charge in [0.2, 0.25) is 5.88 Å². The highest BCUT2D eigenvalue weighted by atomic mass is 32.1. The number of nitrogens with zero attached hydrogens (tertiary/aromatic N) is 2. The van der Waals surface area contributed by atoms with E-state index in [0.29, 0.717) is 30.3 Å². The van der Waals surface area contributed by atoms with E-state index in [0.717, 1.165) is 59.0 Å². The number of rotatable bonds is 8. The van der Waals surface area contributed by atoms with E-state index >= 15 is 0 Å². The molecule has 0 unspecified atom stereocenters. The number of hydrogen-bond donors (Lipinski definition) is 1. The number of aromatic nitrogens is 2. The van der Waals surface area contributed by atoms with Gasteiger partial charge in [0.25, 0.3) is 0 Å². The molecule has 1 fully saturated rings. The van der Waals surface area contributed by atoms with Gasteiger partial charge in [-0.25, -0.2) is 4.98 Å². The Kier molecular flexibility index (Phi) is 7.15. The predicted molar refractivity (Wildman–Crippen MR) is 135 cm³/mol. The van der Waals surface area contributed by atoms with Gasteiger partial charge in [-0.1, -0.05) is 30.3 Å². The minimum absolute atomic E-state index is 0.00157. The highest BCUT2D eigenvalue weighted by Gasteiger charge is 2.22. The Morgan fingerprint density at radius 2 is 1.91 bits per heavy atom. The van der Waals surface area contributed by atoms with E-state index in [1.807, 2.05) is 30.3 Å². The van der Waals surface area contributed by atoms with Gasteiger partial charge in [0.15, 0.2) is 11.6 Å². The van der Waals surface area contributed by atoms with Crippen molar-refractivity contribution < 1.29 is 23.9 Å². The minimum Gasteiger partial charge on any atom is -0.438 e. The molecule has 180 valence electrons. The average molecular weight is 491 g/mol. The van der Waals surface area contributed by atoms with E-state index in [1.165, 1.54) is 4.90 Å². The molecule has 5 rings (SSSR count). The quantitative estimate of drug-likeness (QED) is 0.378. The molecular weight excluding hydrogens is 462 g/mol. The van der Waals surface area contributed by atoms with Gasteiger partial charge in [0.05, 0.1) is 25.2 Å². The molecular formula is C27H28N3O4S+. The van der Waals surface area contributed by atoms with Gasteiger partial charge in [-0.05, 0) is 30.7 Å². The maximum atomic E-state index is 11.9. The zero-order chi connectivity index (χ0) is 24.2. The number of carbonyl (C=O) groups is 1. The van der Waals surface area contributed by atoms with Crippen LogP contribution >= 0.6 is 11.3 Å². The van der Waals surface area contributed by atoms with Gasteiger partial charge in [0, 0.05) is 29.2 Å². The summed E-state index contributed by atoms with van der Waals surface area (Å²) in [7, 11) is 1.63. The number of carbonyl (C=O) groups excluding carboxylic acids is 1. The van der Waals surface area contributed by atoms with Crippen LogP contribution in [-0.4, -0.2) is 49.2 Å². The number of morpholine rings is 1. The largest absolute Gasteiger partial charge is 0.438 e. The molecule has 0 amide bonds. The Morgan fingerprint density at radius 1 is 1.11 bits per heavy atom. The molecule has 1 aliphatic heterocycles. The van der Waals surface area contributed by atoms with E-state index < -0.39 is 0 Å². The molecule has 7 nitrogen and oxygen atoms in total. The van der Waals surface area contributed by atoms with Crippen molar-refractivity contribution in [3.05, 3.63) is 70.9 Å². The molecule has 8 heteroatoms. The van der Waals surface area contributed by atoms with Crippen LogP contribution in [0.2, 0.25) is 0 Å². The summed E-state index contributed by atoms with van der Waals surface area (Å²) in [6.45, 7) is 5.96. The molecule has 0 spiro atoms. The molecule has 0 radical (unpaired) electrons. The van der Waals surface area contributed by atoms with Crippen LogP contribution in [0, 0.1) is 0 Å². The fourth-order valence-electron chi connectivity index (χ4n) is 4.27. The van der Waals surface area contributed by atoms with Crippen LogP contribution < -0.4 is 9.64 Å². The van der Waals surface area contributed by atoms with Crippen LogP contribution in [0.1, 0.15) is 28.7 Å². The van der Waals surface area contributed by atoms with Crippen LogP contribution in [0.25, 0.3) is 21.3 Å².